The number of nitrogens with one attached hydrogen (secondary N) is 1. The van der Waals surface area contributed by atoms with Gasteiger partial charge in [0.25, 0.3) is 5.91 Å². The lowest BCUT2D eigenvalue weighted by Gasteiger charge is -2.07. The number of hydrogen-bond donors (Lipinski definition) is 1. The van der Waals surface area contributed by atoms with E-state index in [2.05, 4.69) is 17.4 Å². The van der Waals surface area contributed by atoms with Crippen LogP contribution in [0.15, 0.2) is 82.0 Å². The number of oxazole rings is 1. The molecule has 1 aromatic heterocycles. The molecular weight excluding hydrogens is 383 g/mol. The highest BCUT2D eigenvalue weighted by Crippen LogP contribution is 2.17. The van der Waals surface area contributed by atoms with Crippen LogP contribution >= 0.6 is 0 Å². The Morgan fingerprint density at radius 1 is 0.967 bits per heavy atom. The summed E-state index contributed by atoms with van der Waals surface area (Å²) in [5.74, 6) is -1.06. The second kappa shape index (κ2) is 8.78. The summed E-state index contributed by atoms with van der Waals surface area (Å²) < 4.78 is 19.9. The van der Waals surface area contributed by atoms with E-state index in [0.29, 0.717) is 23.2 Å². The summed E-state index contributed by atoms with van der Waals surface area (Å²) in [5.41, 5.74) is 3.38. The van der Waals surface area contributed by atoms with E-state index >= 15 is 0 Å². The highest BCUT2D eigenvalue weighted by Gasteiger charge is 2.13. The van der Waals surface area contributed by atoms with Gasteiger partial charge in [0.05, 0.1) is 12.1 Å². The van der Waals surface area contributed by atoms with Crippen LogP contribution in [0.3, 0.4) is 0 Å². The molecule has 4 rings (SSSR count). The Labute approximate surface area is 172 Å². The zero-order valence-electron chi connectivity index (χ0n) is 16.3. The number of carbonyl (C=O) groups is 1. The molecule has 0 radical (unpaired) electrons. The first-order chi connectivity index (χ1) is 14.6. The van der Waals surface area contributed by atoms with E-state index in [9.17, 15) is 14.0 Å². The van der Waals surface area contributed by atoms with Gasteiger partial charge in [-0.3, -0.25) is 9.36 Å². The van der Waals surface area contributed by atoms with Crippen molar-refractivity contribution >= 4 is 17.0 Å². The Balaban J connectivity index is 1.46. The fourth-order valence-corrected chi connectivity index (χ4v) is 3.37. The van der Waals surface area contributed by atoms with E-state index in [1.165, 1.54) is 22.3 Å². The first-order valence-electron chi connectivity index (χ1n) is 9.80. The molecule has 0 fully saturated rings. The van der Waals surface area contributed by atoms with E-state index < -0.39 is 5.76 Å². The van der Waals surface area contributed by atoms with Crippen molar-refractivity contribution in [1.29, 1.82) is 0 Å². The first-order valence-corrected chi connectivity index (χ1v) is 9.80. The Hall–Kier alpha value is -3.67. The van der Waals surface area contributed by atoms with Crippen LogP contribution in [0.1, 0.15) is 27.9 Å². The van der Waals surface area contributed by atoms with Crippen molar-refractivity contribution in [2.45, 2.75) is 19.4 Å². The maximum Gasteiger partial charge on any atom is 0.420 e. The predicted octanol–water partition coefficient (Wildman–Crippen LogP) is 4.14. The third-order valence-electron chi connectivity index (χ3n) is 4.95. The number of aromatic nitrogens is 1. The summed E-state index contributed by atoms with van der Waals surface area (Å²) in [4.78, 5) is 24.8. The minimum atomic E-state index is -0.519. The van der Waals surface area contributed by atoms with E-state index in [0.717, 1.165) is 18.4 Å². The number of benzene rings is 3. The van der Waals surface area contributed by atoms with Crippen molar-refractivity contribution < 1.29 is 13.6 Å². The molecule has 30 heavy (non-hydrogen) atoms. The van der Waals surface area contributed by atoms with Crippen LogP contribution in [-0.2, 0) is 13.0 Å². The van der Waals surface area contributed by atoms with Crippen molar-refractivity contribution in [2.75, 3.05) is 6.54 Å². The second-order valence-corrected chi connectivity index (χ2v) is 7.11. The number of amides is 1. The molecule has 4 aromatic rings. The molecule has 3 aromatic carbocycles. The highest BCUT2D eigenvalue weighted by molar-refractivity contribution is 5.97. The number of fused-ring (bicyclic) bond motifs is 1. The van der Waals surface area contributed by atoms with Gasteiger partial charge in [-0.05, 0) is 54.3 Å². The van der Waals surface area contributed by atoms with Gasteiger partial charge in [-0.25, -0.2) is 9.18 Å². The van der Waals surface area contributed by atoms with Crippen molar-refractivity contribution in [1.82, 2.24) is 9.88 Å². The zero-order chi connectivity index (χ0) is 20.9. The summed E-state index contributed by atoms with van der Waals surface area (Å²) >= 11 is 0. The molecule has 152 valence electrons. The number of carbonyl (C=O) groups excluding carboxylic acids is 1. The summed E-state index contributed by atoms with van der Waals surface area (Å²) in [5, 5.41) is 2.92. The van der Waals surface area contributed by atoms with E-state index in [1.807, 2.05) is 18.2 Å². The molecule has 0 saturated carbocycles. The summed E-state index contributed by atoms with van der Waals surface area (Å²) in [6, 6.07) is 20.9. The molecule has 0 spiro atoms. The molecule has 0 unspecified atom stereocenters. The lowest BCUT2D eigenvalue weighted by Crippen LogP contribution is -2.24. The molecule has 6 heteroatoms. The molecule has 1 amide bonds. The molecule has 1 heterocycles. The smallest absolute Gasteiger partial charge is 0.408 e. The van der Waals surface area contributed by atoms with Crippen molar-refractivity contribution in [3.8, 4) is 0 Å². The van der Waals surface area contributed by atoms with Gasteiger partial charge in [0.2, 0.25) is 0 Å². The zero-order valence-corrected chi connectivity index (χ0v) is 16.3. The number of halogens is 1. The van der Waals surface area contributed by atoms with Crippen molar-refractivity contribution in [2.24, 2.45) is 0 Å². The van der Waals surface area contributed by atoms with Gasteiger partial charge < -0.3 is 9.73 Å². The van der Waals surface area contributed by atoms with Crippen LogP contribution in [0, 0.1) is 5.82 Å². The molecular formula is C24H21FN2O3. The molecule has 0 atom stereocenters. The van der Waals surface area contributed by atoms with Gasteiger partial charge in [0.1, 0.15) is 5.82 Å². The predicted molar refractivity (Wildman–Crippen MR) is 113 cm³/mol. The fraction of sp³-hybridized carbons (Fsp3) is 0.167. The summed E-state index contributed by atoms with van der Waals surface area (Å²) in [7, 11) is 0. The van der Waals surface area contributed by atoms with Crippen LogP contribution in [0.2, 0.25) is 0 Å². The Morgan fingerprint density at radius 3 is 2.50 bits per heavy atom. The van der Waals surface area contributed by atoms with Gasteiger partial charge in [0, 0.05) is 12.1 Å². The van der Waals surface area contributed by atoms with Crippen LogP contribution in [-0.4, -0.2) is 17.0 Å². The normalized spacial score (nSPS) is 11.0. The minimum absolute atomic E-state index is 0.202. The Kier molecular flexibility index (Phi) is 5.75. The summed E-state index contributed by atoms with van der Waals surface area (Å²) in [6.07, 6.45) is 1.72. The monoisotopic (exact) mass is 404 g/mol. The average Bonchev–Trinajstić information content (AvgIpc) is 3.07. The fourth-order valence-electron chi connectivity index (χ4n) is 3.37. The quantitative estimate of drug-likeness (QED) is 0.471. The lowest BCUT2D eigenvalue weighted by atomic mass is 10.1. The Morgan fingerprint density at radius 2 is 1.73 bits per heavy atom. The van der Waals surface area contributed by atoms with Crippen molar-refractivity contribution in [3.63, 3.8) is 0 Å². The van der Waals surface area contributed by atoms with Crippen molar-refractivity contribution in [3.05, 3.63) is 106 Å². The van der Waals surface area contributed by atoms with Gasteiger partial charge in [-0.2, -0.15) is 0 Å². The van der Waals surface area contributed by atoms with Crippen LogP contribution in [0.5, 0.6) is 0 Å². The average molecular weight is 404 g/mol. The van der Waals surface area contributed by atoms with Crippen LogP contribution in [0.25, 0.3) is 11.1 Å². The molecule has 5 nitrogen and oxygen atoms in total. The van der Waals surface area contributed by atoms with E-state index in [-0.39, 0.29) is 18.3 Å². The topological polar surface area (TPSA) is 64.2 Å². The van der Waals surface area contributed by atoms with Gasteiger partial charge in [0.15, 0.2) is 5.58 Å². The summed E-state index contributed by atoms with van der Waals surface area (Å²) in [6.45, 7) is 0.786. The van der Waals surface area contributed by atoms with Crippen LogP contribution in [0.4, 0.5) is 4.39 Å². The SMILES string of the molecule is O=C(NCCCc1ccccc1)c1ccc2oc(=O)n(Cc3ccc(F)cc3)c2c1. The molecule has 0 bridgehead atoms. The van der Waals surface area contributed by atoms with E-state index in [1.54, 1.807) is 30.3 Å². The second-order valence-electron chi connectivity index (χ2n) is 7.11. The van der Waals surface area contributed by atoms with E-state index in [4.69, 9.17) is 4.42 Å². The van der Waals surface area contributed by atoms with Gasteiger partial charge in [-0.15, -0.1) is 0 Å². The first kappa shape index (κ1) is 19.6. The third-order valence-corrected chi connectivity index (χ3v) is 4.95. The molecule has 0 aliphatic heterocycles. The molecule has 0 aliphatic rings. The van der Waals surface area contributed by atoms with Crippen LogP contribution < -0.4 is 11.1 Å². The van der Waals surface area contributed by atoms with Gasteiger partial charge in [-0.1, -0.05) is 42.5 Å². The molecule has 1 N–H and O–H groups in total. The maximum atomic E-state index is 13.1. The standard InChI is InChI=1S/C24H21FN2O3/c25-20-11-8-18(9-12-20)16-27-21-15-19(10-13-22(21)30-24(27)29)23(28)26-14-4-7-17-5-2-1-3-6-17/h1-3,5-6,8-13,15H,4,7,14,16H2,(H,26,28). The molecule has 0 saturated heterocycles. The lowest BCUT2D eigenvalue weighted by molar-refractivity contribution is 0.0953. The minimum Gasteiger partial charge on any atom is -0.408 e. The number of rotatable bonds is 7. The maximum absolute atomic E-state index is 13.1. The third kappa shape index (κ3) is 4.49. The number of hydrogen-bond acceptors (Lipinski definition) is 3. The largest absolute Gasteiger partial charge is 0.420 e. The Bertz CT molecular complexity index is 1210. The number of nitrogens with zero attached hydrogens (tertiary/aromatic N) is 1. The van der Waals surface area contributed by atoms with Gasteiger partial charge >= 0.3 is 5.76 Å². The highest BCUT2D eigenvalue weighted by atomic mass is 19.1. The number of aryl methyl sites for hydroxylation is 1. The molecule has 0 aliphatic carbocycles.